The molecule has 1 aromatic carbocycles. The summed E-state index contributed by atoms with van der Waals surface area (Å²) in [5.74, 6) is 0.582. The van der Waals surface area contributed by atoms with E-state index in [4.69, 9.17) is 0 Å². The van der Waals surface area contributed by atoms with Gasteiger partial charge < -0.3 is 10.2 Å². The molecule has 0 radical (unpaired) electrons. The normalized spacial score (nSPS) is 10.0. The Bertz CT molecular complexity index is 588. The molecule has 0 saturated heterocycles. The number of benzene rings is 1. The lowest BCUT2D eigenvalue weighted by molar-refractivity contribution is -0.384. The first-order chi connectivity index (χ1) is 9.13. The summed E-state index contributed by atoms with van der Waals surface area (Å²) in [5, 5.41) is 13.8. The van der Waals surface area contributed by atoms with Gasteiger partial charge in [-0.15, -0.1) is 0 Å². The van der Waals surface area contributed by atoms with Gasteiger partial charge in [-0.2, -0.15) is 4.98 Å². The average Bonchev–Trinajstić information content (AvgIpc) is 2.46. The fourth-order valence-corrected chi connectivity index (χ4v) is 1.64. The van der Waals surface area contributed by atoms with Crippen molar-refractivity contribution in [3.63, 3.8) is 0 Å². The third-order valence-electron chi connectivity index (χ3n) is 2.63. The lowest BCUT2D eigenvalue weighted by Gasteiger charge is -2.18. The largest absolute Gasteiger partial charge is 0.357 e. The van der Waals surface area contributed by atoms with E-state index in [9.17, 15) is 10.1 Å². The van der Waals surface area contributed by atoms with Gasteiger partial charge in [-0.3, -0.25) is 10.1 Å². The van der Waals surface area contributed by atoms with Crippen molar-refractivity contribution in [3.8, 4) is 0 Å². The maximum Gasteiger partial charge on any atom is 0.330 e. The zero-order valence-electron chi connectivity index (χ0n) is 10.6. The highest BCUT2D eigenvalue weighted by Crippen LogP contribution is 2.30. The quantitative estimate of drug-likeness (QED) is 0.669. The first-order valence-corrected chi connectivity index (χ1v) is 5.61. The van der Waals surface area contributed by atoms with E-state index in [2.05, 4.69) is 15.3 Å². The van der Waals surface area contributed by atoms with Gasteiger partial charge in [-0.25, -0.2) is 4.98 Å². The third kappa shape index (κ3) is 2.59. The molecule has 7 nitrogen and oxygen atoms in total. The van der Waals surface area contributed by atoms with Gasteiger partial charge >= 0.3 is 5.69 Å². The molecule has 0 aliphatic heterocycles. The summed E-state index contributed by atoms with van der Waals surface area (Å²) in [6.45, 7) is 0. The van der Waals surface area contributed by atoms with E-state index in [1.807, 2.05) is 30.3 Å². The molecule has 0 saturated carbocycles. The molecule has 19 heavy (non-hydrogen) atoms. The summed E-state index contributed by atoms with van der Waals surface area (Å²) in [7, 11) is 3.39. The molecule has 98 valence electrons. The number of aromatic nitrogens is 2. The van der Waals surface area contributed by atoms with Crippen LogP contribution in [0.5, 0.6) is 0 Å². The third-order valence-corrected chi connectivity index (χ3v) is 2.63. The first kappa shape index (κ1) is 12.7. The molecule has 0 fully saturated rings. The summed E-state index contributed by atoms with van der Waals surface area (Å²) in [4.78, 5) is 20.2. The zero-order chi connectivity index (χ0) is 13.8. The molecule has 0 unspecified atom stereocenters. The second-order valence-electron chi connectivity index (χ2n) is 3.80. The summed E-state index contributed by atoms with van der Waals surface area (Å²) >= 11 is 0. The van der Waals surface area contributed by atoms with Crippen molar-refractivity contribution >= 4 is 23.1 Å². The van der Waals surface area contributed by atoms with Crippen molar-refractivity contribution in [3.05, 3.63) is 46.6 Å². The van der Waals surface area contributed by atoms with E-state index < -0.39 is 4.92 Å². The second-order valence-corrected chi connectivity index (χ2v) is 3.80. The highest BCUT2D eigenvalue weighted by atomic mass is 16.6. The Hall–Kier alpha value is -2.70. The molecule has 0 aliphatic rings. The molecule has 2 aromatic rings. The molecule has 1 heterocycles. The molecular weight excluding hydrogens is 246 g/mol. The van der Waals surface area contributed by atoms with Crippen LogP contribution in [-0.4, -0.2) is 29.0 Å². The van der Waals surface area contributed by atoms with E-state index in [1.54, 1.807) is 19.0 Å². The van der Waals surface area contributed by atoms with E-state index in [0.717, 1.165) is 5.69 Å². The molecule has 0 bridgehead atoms. The van der Waals surface area contributed by atoms with Crippen LogP contribution in [0.2, 0.25) is 0 Å². The topological polar surface area (TPSA) is 84.2 Å². The smallest absolute Gasteiger partial charge is 0.330 e. The van der Waals surface area contributed by atoms with Gasteiger partial charge in [0, 0.05) is 19.8 Å². The summed E-state index contributed by atoms with van der Waals surface area (Å²) in [6.07, 6.45) is 1.20. The van der Waals surface area contributed by atoms with Crippen molar-refractivity contribution in [1.29, 1.82) is 0 Å². The minimum absolute atomic E-state index is 0.134. The van der Waals surface area contributed by atoms with Gasteiger partial charge in [0.15, 0.2) is 0 Å². The van der Waals surface area contributed by atoms with Gasteiger partial charge in [0.05, 0.1) is 4.92 Å². The Balaban J connectivity index is 2.50. The fourth-order valence-electron chi connectivity index (χ4n) is 1.64. The standard InChI is InChI=1S/C12H13N5O2/c1-13-12-14-8-10(17(18)19)11(15-12)16(2)9-6-4-3-5-7-9/h3-8H,1-2H3,(H,13,14,15). The van der Waals surface area contributed by atoms with Crippen LogP contribution in [0.1, 0.15) is 0 Å². The molecule has 0 amide bonds. The van der Waals surface area contributed by atoms with E-state index >= 15 is 0 Å². The van der Waals surface area contributed by atoms with Gasteiger partial charge in [-0.1, -0.05) is 18.2 Å². The van der Waals surface area contributed by atoms with E-state index in [1.165, 1.54) is 6.20 Å². The minimum Gasteiger partial charge on any atom is -0.357 e. The molecular formula is C12H13N5O2. The Morgan fingerprint density at radius 2 is 2.00 bits per heavy atom. The maximum atomic E-state index is 11.0. The number of nitrogens with one attached hydrogen (secondary N) is 1. The van der Waals surface area contributed by atoms with Gasteiger partial charge in [-0.05, 0) is 12.1 Å². The van der Waals surface area contributed by atoms with Crippen LogP contribution in [0.25, 0.3) is 0 Å². The Morgan fingerprint density at radius 1 is 1.32 bits per heavy atom. The molecule has 2 rings (SSSR count). The Morgan fingerprint density at radius 3 is 2.58 bits per heavy atom. The monoisotopic (exact) mass is 259 g/mol. The van der Waals surface area contributed by atoms with Crippen LogP contribution in [0.15, 0.2) is 36.5 Å². The van der Waals surface area contributed by atoms with Crippen molar-refractivity contribution < 1.29 is 4.92 Å². The molecule has 1 aromatic heterocycles. The van der Waals surface area contributed by atoms with Crippen LogP contribution >= 0.6 is 0 Å². The molecule has 1 N–H and O–H groups in total. The van der Waals surface area contributed by atoms with Crippen LogP contribution in [0, 0.1) is 10.1 Å². The molecule has 0 spiro atoms. The van der Waals surface area contributed by atoms with Crippen LogP contribution in [-0.2, 0) is 0 Å². The van der Waals surface area contributed by atoms with E-state index in [0.29, 0.717) is 5.95 Å². The Labute approximate surface area is 110 Å². The maximum absolute atomic E-state index is 11.0. The number of para-hydroxylation sites is 1. The van der Waals surface area contributed by atoms with Crippen molar-refractivity contribution in [1.82, 2.24) is 9.97 Å². The Kier molecular flexibility index (Phi) is 3.56. The number of nitrogens with zero attached hydrogens (tertiary/aromatic N) is 4. The van der Waals surface area contributed by atoms with Crippen LogP contribution in [0.3, 0.4) is 0 Å². The number of nitro groups is 1. The van der Waals surface area contributed by atoms with E-state index in [-0.39, 0.29) is 11.5 Å². The predicted octanol–water partition coefficient (Wildman–Crippen LogP) is 2.19. The SMILES string of the molecule is CNc1ncc([N+](=O)[O-])c(N(C)c2ccccc2)n1. The van der Waals surface area contributed by atoms with Gasteiger partial charge in [0.2, 0.25) is 11.8 Å². The summed E-state index contributed by atoms with van der Waals surface area (Å²) in [5.41, 5.74) is 0.678. The summed E-state index contributed by atoms with van der Waals surface area (Å²) < 4.78 is 0. The number of hydrogen-bond donors (Lipinski definition) is 1. The summed E-state index contributed by atoms with van der Waals surface area (Å²) in [6, 6.07) is 9.30. The molecule has 7 heteroatoms. The highest BCUT2D eigenvalue weighted by Gasteiger charge is 2.21. The van der Waals surface area contributed by atoms with Crippen LogP contribution in [0.4, 0.5) is 23.1 Å². The predicted molar refractivity (Wildman–Crippen MR) is 72.7 cm³/mol. The lowest BCUT2D eigenvalue weighted by atomic mass is 10.3. The number of rotatable bonds is 4. The highest BCUT2D eigenvalue weighted by molar-refractivity contribution is 5.68. The second kappa shape index (κ2) is 5.30. The van der Waals surface area contributed by atoms with Crippen LogP contribution < -0.4 is 10.2 Å². The van der Waals surface area contributed by atoms with Crippen molar-refractivity contribution in [2.75, 3.05) is 24.3 Å². The number of hydrogen-bond acceptors (Lipinski definition) is 6. The van der Waals surface area contributed by atoms with Crippen molar-refractivity contribution in [2.45, 2.75) is 0 Å². The minimum atomic E-state index is -0.492. The van der Waals surface area contributed by atoms with Gasteiger partial charge in [0.25, 0.3) is 0 Å². The first-order valence-electron chi connectivity index (χ1n) is 5.61. The van der Waals surface area contributed by atoms with Gasteiger partial charge in [0.1, 0.15) is 6.20 Å². The average molecular weight is 259 g/mol. The number of anilines is 3. The zero-order valence-corrected chi connectivity index (χ0v) is 10.6. The molecule has 0 atom stereocenters. The van der Waals surface area contributed by atoms with Crippen molar-refractivity contribution in [2.24, 2.45) is 0 Å². The molecule has 0 aliphatic carbocycles. The fraction of sp³-hybridized carbons (Fsp3) is 0.167. The lowest BCUT2D eigenvalue weighted by Crippen LogP contribution is -2.14.